The molecule has 1 aliphatic heterocycles. The van der Waals surface area contributed by atoms with E-state index in [1.54, 1.807) is 16.8 Å². The molecule has 0 spiro atoms. The summed E-state index contributed by atoms with van der Waals surface area (Å²) in [6.45, 7) is 1.59. The second kappa shape index (κ2) is 8.76. The Hall–Kier alpha value is -3.39. The van der Waals surface area contributed by atoms with Crippen LogP contribution < -0.4 is 5.32 Å². The lowest BCUT2D eigenvalue weighted by atomic mass is 9.98. The van der Waals surface area contributed by atoms with Gasteiger partial charge in [0.1, 0.15) is 12.6 Å². The number of likely N-dealkylation sites (N-methyl/N-ethyl adjacent to an activating group) is 1. The van der Waals surface area contributed by atoms with E-state index in [0.29, 0.717) is 25.9 Å². The first-order valence-electron chi connectivity index (χ1n) is 11.7. The van der Waals surface area contributed by atoms with Gasteiger partial charge in [0.05, 0.1) is 5.41 Å². The molecule has 8 nitrogen and oxygen atoms in total. The summed E-state index contributed by atoms with van der Waals surface area (Å²) in [7, 11) is 1.76. The Kier molecular flexibility index (Phi) is 5.77. The molecule has 0 bridgehead atoms. The van der Waals surface area contributed by atoms with Crippen molar-refractivity contribution in [2.75, 3.05) is 39.8 Å². The Morgan fingerprint density at radius 3 is 2.24 bits per heavy atom. The largest absolute Gasteiger partial charge is 0.480 e. The number of amides is 2. The molecule has 2 aliphatic carbocycles. The standard InChI is InChI=1S/C26H29N3O5/c1-28-12-13-29(14-22(28)23(30)31)24(32)26(10-11-26)16-27-25(33)34-15-21-19-8-4-2-6-17(19)18-7-3-5-9-20(18)21/h2-9,21-22H,10-16H2,1H3,(H,27,33)(H,30,31). The maximum Gasteiger partial charge on any atom is 0.407 e. The van der Waals surface area contributed by atoms with Crippen molar-refractivity contribution in [1.82, 2.24) is 15.1 Å². The molecule has 2 amide bonds. The topological polar surface area (TPSA) is 99.2 Å². The molecule has 3 aliphatic rings. The number of carbonyl (C=O) groups excluding carboxylic acids is 2. The molecule has 1 saturated heterocycles. The summed E-state index contributed by atoms with van der Waals surface area (Å²) in [4.78, 5) is 40.5. The average molecular weight is 464 g/mol. The summed E-state index contributed by atoms with van der Waals surface area (Å²) in [5.74, 6) is -1.03. The minimum absolute atomic E-state index is 0.0204. The van der Waals surface area contributed by atoms with Crippen molar-refractivity contribution in [3.63, 3.8) is 0 Å². The lowest BCUT2D eigenvalue weighted by Gasteiger charge is -2.38. The quantitative estimate of drug-likeness (QED) is 0.683. The highest BCUT2D eigenvalue weighted by molar-refractivity contribution is 5.87. The Bertz CT molecular complexity index is 1080. The molecule has 1 saturated carbocycles. The number of benzene rings is 2. The minimum Gasteiger partial charge on any atom is -0.480 e. The summed E-state index contributed by atoms with van der Waals surface area (Å²) in [6, 6.07) is 15.6. The number of ether oxygens (including phenoxy) is 1. The minimum atomic E-state index is -0.929. The van der Waals surface area contributed by atoms with Gasteiger partial charge >= 0.3 is 12.1 Å². The molecule has 1 heterocycles. The molecule has 0 aromatic heterocycles. The highest BCUT2D eigenvalue weighted by atomic mass is 16.5. The van der Waals surface area contributed by atoms with E-state index in [0.717, 1.165) is 11.1 Å². The van der Waals surface area contributed by atoms with E-state index in [-0.39, 0.29) is 31.5 Å². The van der Waals surface area contributed by atoms with Crippen LogP contribution in [-0.4, -0.2) is 78.8 Å². The van der Waals surface area contributed by atoms with Crippen LogP contribution in [-0.2, 0) is 14.3 Å². The lowest BCUT2D eigenvalue weighted by molar-refractivity contribution is -0.149. The highest BCUT2D eigenvalue weighted by Crippen LogP contribution is 2.47. The third kappa shape index (κ3) is 4.03. The van der Waals surface area contributed by atoms with E-state index >= 15 is 0 Å². The third-order valence-electron chi connectivity index (χ3n) is 7.44. The Labute approximate surface area is 198 Å². The molecule has 0 radical (unpaired) electrons. The maximum atomic E-state index is 13.1. The second-order valence-electron chi connectivity index (χ2n) is 9.55. The number of rotatable bonds is 6. The van der Waals surface area contributed by atoms with Crippen molar-refractivity contribution >= 4 is 18.0 Å². The molecule has 1 atom stereocenters. The van der Waals surface area contributed by atoms with Crippen molar-refractivity contribution in [2.45, 2.75) is 24.8 Å². The van der Waals surface area contributed by atoms with Crippen LogP contribution >= 0.6 is 0 Å². The van der Waals surface area contributed by atoms with E-state index in [2.05, 4.69) is 29.6 Å². The Balaban J connectivity index is 1.17. The molecule has 8 heteroatoms. The summed E-state index contributed by atoms with van der Waals surface area (Å²) in [6.07, 6.45) is 0.821. The van der Waals surface area contributed by atoms with Crippen LogP contribution in [0.5, 0.6) is 0 Å². The number of piperazine rings is 1. The monoisotopic (exact) mass is 463 g/mol. The predicted molar refractivity (Wildman–Crippen MR) is 125 cm³/mol. The zero-order valence-corrected chi connectivity index (χ0v) is 19.2. The SMILES string of the molecule is CN1CCN(C(=O)C2(CNC(=O)OCC3c4ccccc4-c4ccccc43)CC2)CC1C(=O)O. The molecule has 178 valence electrons. The number of hydrogen-bond acceptors (Lipinski definition) is 5. The smallest absolute Gasteiger partial charge is 0.407 e. The summed E-state index contributed by atoms with van der Waals surface area (Å²) >= 11 is 0. The summed E-state index contributed by atoms with van der Waals surface area (Å²) in [5, 5.41) is 12.2. The van der Waals surface area contributed by atoms with E-state index in [1.807, 2.05) is 24.3 Å². The van der Waals surface area contributed by atoms with Crippen LogP contribution in [0.1, 0.15) is 29.9 Å². The average Bonchev–Trinajstić information content (AvgIpc) is 3.58. The van der Waals surface area contributed by atoms with Crippen molar-refractivity contribution in [3.8, 4) is 11.1 Å². The lowest BCUT2D eigenvalue weighted by Crippen LogP contribution is -2.58. The fourth-order valence-corrected chi connectivity index (χ4v) is 5.17. The van der Waals surface area contributed by atoms with Gasteiger partial charge in [-0.15, -0.1) is 0 Å². The highest BCUT2D eigenvalue weighted by Gasteiger charge is 2.52. The van der Waals surface area contributed by atoms with Crippen LogP contribution in [0.2, 0.25) is 0 Å². The van der Waals surface area contributed by atoms with Crippen LogP contribution in [0, 0.1) is 5.41 Å². The molecular weight excluding hydrogens is 434 g/mol. The van der Waals surface area contributed by atoms with Gasteiger partial charge in [-0.1, -0.05) is 48.5 Å². The first-order chi connectivity index (χ1) is 16.4. The van der Waals surface area contributed by atoms with Crippen LogP contribution in [0.4, 0.5) is 4.79 Å². The fourth-order valence-electron chi connectivity index (χ4n) is 5.17. The van der Waals surface area contributed by atoms with E-state index in [1.165, 1.54) is 11.1 Å². The first kappa shape index (κ1) is 22.4. The molecule has 2 N–H and O–H groups in total. The van der Waals surface area contributed by atoms with Gasteiger partial charge in [-0.2, -0.15) is 0 Å². The number of nitrogens with one attached hydrogen (secondary N) is 1. The third-order valence-corrected chi connectivity index (χ3v) is 7.44. The molecule has 1 unspecified atom stereocenters. The Morgan fingerprint density at radius 2 is 1.65 bits per heavy atom. The van der Waals surface area contributed by atoms with Crippen molar-refractivity contribution in [2.24, 2.45) is 5.41 Å². The van der Waals surface area contributed by atoms with Gasteiger partial charge in [0.2, 0.25) is 5.91 Å². The number of carboxylic acids is 1. The number of hydrogen-bond donors (Lipinski definition) is 2. The van der Waals surface area contributed by atoms with Gasteiger partial charge in [-0.25, -0.2) is 4.79 Å². The number of alkyl carbamates (subject to hydrolysis) is 1. The van der Waals surface area contributed by atoms with Crippen molar-refractivity contribution in [1.29, 1.82) is 0 Å². The molecule has 5 rings (SSSR count). The number of fused-ring (bicyclic) bond motifs is 3. The summed E-state index contributed by atoms with van der Waals surface area (Å²) < 4.78 is 5.59. The van der Waals surface area contributed by atoms with Crippen LogP contribution in [0.15, 0.2) is 48.5 Å². The van der Waals surface area contributed by atoms with Gasteiger partial charge in [0.25, 0.3) is 0 Å². The summed E-state index contributed by atoms with van der Waals surface area (Å²) in [5.41, 5.74) is 3.98. The van der Waals surface area contributed by atoms with Gasteiger partial charge in [0, 0.05) is 32.1 Å². The van der Waals surface area contributed by atoms with E-state index < -0.39 is 23.5 Å². The predicted octanol–water partition coefficient (Wildman–Crippen LogP) is 2.53. The zero-order valence-electron chi connectivity index (χ0n) is 19.2. The van der Waals surface area contributed by atoms with Crippen molar-refractivity contribution in [3.05, 3.63) is 59.7 Å². The second-order valence-corrected chi connectivity index (χ2v) is 9.55. The Morgan fingerprint density at radius 1 is 1.03 bits per heavy atom. The van der Waals surface area contributed by atoms with Gasteiger partial charge in [-0.3, -0.25) is 14.5 Å². The molecule has 2 aromatic rings. The van der Waals surface area contributed by atoms with Gasteiger partial charge in [0.15, 0.2) is 0 Å². The van der Waals surface area contributed by atoms with E-state index in [9.17, 15) is 19.5 Å². The number of nitrogens with zero attached hydrogens (tertiary/aromatic N) is 2. The van der Waals surface area contributed by atoms with Crippen LogP contribution in [0.3, 0.4) is 0 Å². The van der Waals surface area contributed by atoms with Gasteiger partial charge < -0.3 is 20.1 Å². The number of aliphatic carboxylic acids is 1. The molecule has 2 aromatic carbocycles. The van der Waals surface area contributed by atoms with Gasteiger partial charge in [-0.05, 0) is 42.1 Å². The normalized spacial score (nSPS) is 20.9. The van der Waals surface area contributed by atoms with Crippen molar-refractivity contribution < 1.29 is 24.2 Å². The van der Waals surface area contributed by atoms with Crippen LogP contribution in [0.25, 0.3) is 11.1 Å². The molecular formula is C26H29N3O5. The first-order valence-corrected chi connectivity index (χ1v) is 11.7. The number of carbonyl (C=O) groups is 3. The zero-order chi connectivity index (χ0) is 23.9. The maximum absolute atomic E-state index is 13.1. The number of carboxylic acid groups (broad SMARTS) is 1. The van der Waals surface area contributed by atoms with E-state index in [4.69, 9.17) is 4.74 Å². The molecule has 34 heavy (non-hydrogen) atoms. The molecule has 2 fully saturated rings. The fraction of sp³-hybridized carbons (Fsp3) is 0.423.